The molecule has 1 saturated heterocycles. The van der Waals surface area contributed by atoms with Crippen LogP contribution in [0.5, 0.6) is 0 Å². The fourth-order valence-electron chi connectivity index (χ4n) is 3.10. The molecular weight excluding hydrogens is 356 g/mol. The van der Waals surface area contributed by atoms with Gasteiger partial charge in [-0.15, -0.1) is 0 Å². The van der Waals surface area contributed by atoms with Crippen LogP contribution in [0.2, 0.25) is 0 Å². The maximum atomic E-state index is 11.5. The molecule has 1 fully saturated rings. The molecule has 7 nitrogen and oxygen atoms in total. The Labute approximate surface area is 168 Å². The predicted molar refractivity (Wildman–Crippen MR) is 111 cm³/mol. The molecule has 156 valence electrons. The van der Waals surface area contributed by atoms with E-state index in [2.05, 4.69) is 35.3 Å². The second kappa shape index (κ2) is 12.4. The van der Waals surface area contributed by atoms with E-state index < -0.39 is 0 Å². The average Bonchev–Trinajstić information content (AvgIpc) is 2.71. The smallest absolute Gasteiger partial charge is 0.219 e. The number of benzene rings is 1. The van der Waals surface area contributed by atoms with Crippen LogP contribution in [0.15, 0.2) is 29.3 Å². The van der Waals surface area contributed by atoms with Crippen molar-refractivity contribution in [3.8, 4) is 0 Å². The Morgan fingerprint density at radius 1 is 1.07 bits per heavy atom. The molecule has 1 aliphatic heterocycles. The lowest BCUT2D eigenvalue weighted by atomic mass is 10.1. The Morgan fingerprint density at radius 3 is 2.43 bits per heavy atom. The number of aliphatic imine (C=N–C) groups is 1. The maximum absolute atomic E-state index is 11.5. The summed E-state index contributed by atoms with van der Waals surface area (Å²) in [6, 6.07) is 8.34. The quantitative estimate of drug-likeness (QED) is 0.396. The minimum atomic E-state index is 0.141. The van der Waals surface area contributed by atoms with Gasteiger partial charge >= 0.3 is 0 Å². The number of nitrogens with zero attached hydrogens (tertiary/aromatic N) is 3. The molecule has 0 aliphatic carbocycles. The van der Waals surface area contributed by atoms with Gasteiger partial charge in [-0.3, -0.25) is 4.79 Å². The lowest BCUT2D eigenvalue weighted by Gasteiger charge is -2.36. The van der Waals surface area contributed by atoms with E-state index in [-0.39, 0.29) is 5.91 Å². The molecule has 1 heterocycles. The van der Waals surface area contributed by atoms with Gasteiger partial charge in [0.2, 0.25) is 5.91 Å². The largest absolute Gasteiger partial charge is 0.379 e. The molecule has 7 heteroatoms. The molecule has 0 saturated carbocycles. The number of amides is 1. The zero-order chi connectivity index (χ0) is 20.2. The van der Waals surface area contributed by atoms with Gasteiger partial charge in [0.15, 0.2) is 5.96 Å². The molecule has 28 heavy (non-hydrogen) atoms. The highest BCUT2D eigenvalue weighted by molar-refractivity contribution is 5.80. The van der Waals surface area contributed by atoms with Crippen LogP contribution in [-0.4, -0.2) is 74.2 Å². The van der Waals surface area contributed by atoms with Crippen molar-refractivity contribution in [1.29, 1.82) is 0 Å². The van der Waals surface area contributed by atoms with Crippen molar-refractivity contribution in [3.63, 3.8) is 0 Å². The summed E-state index contributed by atoms with van der Waals surface area (Å²) >= 11 is 0. The first-order valence-electron chi connectivity index (χ1n) is 10.2. The van der Waals surface area contributed by atoms with E-state index in [9.17, 15) is 4.79 Å². The van der Waals surface area contributed by atoms with Crippen LogP contribution in [0.1, 0.15) is 31.9 Å². The summed E-state index contributed by atoms with van der Waals surface area (Å²) < 4.78 is 10.9. The molecular formula is C21H34N4O3. The third-order valence-corrected chi connectivity index (χ3v) is 4.61. The number of hydrogen-bond donors (Lipinski definition) is 1. The van der Waals surface area contributed by atoms with Crippen LogP contribution >= 0.6 is 0 Å². The molecule has 1 N–H and O–H groups in total. The number of hydrogen-bond acceptors (Lipinski definition) is 4. The summed E-state index contributed by atoms with van der Waals surface area (Å²) in [6.07, 6.45) is 0. The number of ether oxygens (including phenoxy) is 2. The van der Waals surface area contributed by atoms with Crippen molar-refractivity contribution in [2.75, 3.05) is 52.5 Å². The van der Waals surface area contributed by atoms with E-state index in [1.165, 1.54) is 0 Å². The number of carbonyl (C=O) groups is 1. The monoisotopic (exact) mass is 390 g/mol. The Kier molecular flexibility index (Phi) is 9.79. The van der Waals surface area contributed by atoms with E-state index in [0.29, 0.717) is 26.4 Å². The van der Waals surface area contributed by atoms with Crippen LogP contribution in [0.4, 0.5) is 0 Å². The fraction of sp³-hybridized carbons (Fsp3) is 0.619. The van der Waals surface area contributed by atoms with Crippen molar-refractivity contribution in [2.45, 2.75) is 33.9 Å². The molecule has 0 atom stereocenters. The first kappa shape index (κ1) is 22.2. The summed E-state index contributed by atoms with van der Waals surface area (Å²) in [7, 11) is 0. The van der Waals surface area contributed by atoms with Gasteiger partial charge in [0.05, 0.1) is 26.4 Å². The van der Waals surface area contributed by atoms with Crippen LogP contribution in [0, 0.1) is 0 Å². The third-order valence-electron chi connectivity index (χ3n) is 4.61. The van der Waals surface area contributed by atoms with Crippen LogP contribution in [0.25, 0.3) is 0 Å². The van der Waals surface area contributed by atoms with Gasteiger partial charge < -0.3 is 24.6 Å². The Morgan fingerprint density at radius 2 is 1.75 bits per heavy atom. The zero-order valence-corrected chi connectivity index (χ0v) is 17.4. The summed E-state index contributed by atoms with van der Waals surface area (Å²) in [6.45, 7) is 12.7. The number of piperazine rings is 1. The van der Waals surface area contributed by atoms with Gasteiger partial charge in [-0.2, -0.15) is 0 Å². The second-order valence-corrected chi connectivity index (χ2v) is 6.73. The van der Waals surface area contributed by atoms with E-state index in [0.717, 1.165) is 56.4 Å². The summed E-state index contributed by atoms with van der Waals surface area (Å²) in [4.78, 5) is 20.4. The molecule has 2 rings (SSSR count). The van der Waals surface area contributed by atoms with Gasteiger partial charge in [0.25, 0.3) is 0 Å². The van der Waals surface area contributed by atoms with Gasteiger partial charge in [0.1, 0.15) is 0 Å². The highest BCUT2D eigenvalue weighted by Crippen LogP contribution is 2.09. The standard InChI is InChI=1S/C21H34N4O3/c1-4-22-21(25-11-9-24(10-12-25)18(3)26)23-16-19-7-6-8-20(15-19)17-28-14-13-27-5-2/h6-8,15H,4-5,9-14,16-17H2,1-3H3,(H,22,23). The van der Waals surface area contributed by atoms with Crippen LogP contribution in [-0.2, 0) is 27.4 Å². The minimum absolute atomic E-state index is 0.141. The molecule has 0 spiro atoms. The second-order valence-electron chi connectivity index (χ2n) is 6.73. The Bertz CT molecular complexity index is 628. The number of guanidine groups is 1. The van der Waals surface area contributed by atoms with Gasteiger partial charge in [-0.1, -0.05) is 24.3 Å². The summed E-state index contributed by atoms with van der Waals surface area (Å²) in [5.74, 6) is 1.05. The summed E-state index contributed by atoms with van der Waals surface area (Å²) in [5, 5.41) is 3.37. The molecule has 0 radical (unpaired) electrons. The van der Waals surface area contributed by atoms with Gasteiger partial charge in [-0.05, 0) is 25.0 Å². The van der Waals surface area contributed by atoms with E-state index >= 15 is 0 Å². The molecule has 1 amide bonds. The summed E-state index contributed by atoms with van der Waals surface area (Å²) in [5.41, 5.74) is 2.30. The Balaban J connectivity index is 1.90. The van der Waals surface area contributed by atoms with Gasteiger partial charge in [0, 0.05) is 46.3 Å². The fourth-order valence-corrected chi connectivity index (χ4v) is 3.10. The number of rotatable bonds is 9. The SMILES string of the molecule is CCNC(=NCc1cccc(COCCOCC)c1)N1CCN(C(C)=O)CC1. The highest BCUT2D eigenvalue weighted by atomic mass is 16.5. The number of nitrogens with one attached hydrogen (secondary N) is 1. The predicted octanol–water partition coefficient (Wildman–Crippen LogP) is 1.87. The van der Waals surface area contributed by atoms with Crippen molar-refractivity contribution in [1.82, 2.24) is 15.1 Å². The molecule has 1 aliphatic rings. The van der Waals surface area contributed by atoms with E-state index in [1.54, 1.807) is 6.92 Å². The molecule has 0 unspecified atom stereocenters. The first-order chi connectivity index (χ1) is 13.6. The first-order valence-corrected chi connectivity index (χ1v) is 10.2. The lowest BCUT2D eigenvalue weighted by Crippen LogP contribution is -2.53. The Hall–Kier alpha value is -2.12. The van der Waals surface area contributed by atoms with Crippen molar-refractivity contribution >= 4 is 11.9 Å². The van der Waals surface area contributed by atoms with E-state index in [4.69, 9.17) is 14.5 Å². The van der Waals surface area contributed by atoms with Crippen molar-refractivity contribution in [2.24, 2.45) is 4.99 Å². The van der Waals surface area contributed by atoms with Crippen molar-refractivity contribution < 1.29 is 14.3 Å². The van der Waals surface area contributed by atoms with Crippen LogP contribution in [0.3, 0.4) is 0 Å². The minimum Gasteiger partial charge on any atom is -0.379 e. The lowest BCUT2D eigenvalue weighted by molar-refractivity contribution is -0.130. The van der Waals surface area contributed by atoms with Crippen molar-refractivity contribution in [3.05, 3.63) is 35.4 Å². The number of carbonyl (C=O) groups excluding carboxylic acids is 1. The van der Waals surface area contributed by atoms with Gasteiger partial charge in [-0.25, -0.2) is 4.99 Å². The topological polar surface area (TPSA) is 66.4 Å². The normalized spacial score (nSPS) is 15.0. The van der Waals surface area contributed by atoms with E-state index in [1.807, 2.05) is 17.9 Å². The highest BCUT2D eigenvalue weighted by Gasteiger charge is 2.20. The molecule has 1 aromatic carbocycles. The maximum Gasteiger partial charge on any atom is 0.219 e. The average molecular weight is 391 g/mol. The zero-order valence-electron chi connectivity index (χ0n) is 17.4. The third kappa shape index (κ3) is 7.48. The molecule has 0 bridgehead atoms. The molecule has 1 aromatic rings. The molecule has 0 aromatic heterocycles. The van der Waals surface area contributed by atoms with Crippen LogP contribution < -0.4 is 5.32 Å².